The Balaban J connectivity index is 1.57. The van der Waals surface area contributed by atoms with E-state index < -0.39 is 0 Å². The minimum Gasteiger partial charge on any atom is -0.497 e. The molecule has 0 aliphatic carbocycles. The van der Waals surface area contributed by atoms with Gasteiger partial charge >= 0.3 is 0 Å². The lowest BCUT2D eigenvalue weighted by Gasteiger charge is -2.13. The number of ether oxygens (including phenoxy) is 1. The van der Waals surface area contributed by atoms with Crippen molar-refractivity contribution in [1.29, 1.82) is 0 Å². The number of pyridine rings is 1. The highest BCUT2D eigenvalue weighted by Crippen LogP contribution is 2.26. The molecule has 0 fully saturated rings. The molecular weight excluding hydrogens is 372 g/mol. The fraction of sp³-hybridized carbons (Fsp3) is 0.182. The van der Waals surface area contributed by atoms with Crippen LogP contribution in [0.25, 0.3) is 0 Å². The van der Waals surface area contributed by atoms with E-state index in [1.165, 1.54) is 17.8 Å². The number of hydrogen-bond donors (Lipinski definition) is 1. The first-order valence-corrected chi connectivity index (χ1v) is 9.79. The number of aromatic nitrogens is 1. The Morgan fingerprint density at radius 3 is 2.43 bits per heavy atom. The van der Waals surface area contributed by atoms with Gasteiger partial charge in [-0.15, -0.1) is 11.8 Å². The van der Waals surface area contributed by atoms with Crippen LogP contribution < -0.4 is 15.6 Å². The number of thioether (sulfide) groups is 1. The first kappa shape index (κ1) is 19.8. The van der Waals surface area contributed by atoms with Gasteiger partial charge in [0.2, 0.25) is 5.91 Å². The van der Waals surface area contributed by atoms with Crippen LogP contribution in [0, 0.1) is 0 Å². The van der Waals surface area contributed by atoms with Crippen molar-refractivity contribution in [3.05, 3.63) is 88.8 Å². The van der Waals surface area contributed by atoms with Gasteiger partial charge in [0.25, 0.3) is 5.56 Å². The normalized spacial score (nSPS) is 11.6. The van der Waals surface area contributed by atoms with Crippen molar-refractivity contribution in [1.82, 2.24) is 4.57 Å². The van der Waals surface area contributed by atoms with Gasteiger partial charge in [0, 0.05) is 22.8 Å². The average Bonchev–Trinajstić information content (AvgIpc) is 2.71. The number of carbonyl (C=O) groups excluding carboxylic acids is 1. The molecule has 0 radical (unpaired) electrons. The lowest BCUT2D eigenvalue weighted by atomic mass is 10.2. The maximum atomic E-state index is 12.5. The van der Waals surface area contributed by atoms with Crippen molar-refractivity contribution >= 4 is 23.4 Å². The van der Waals surface area contributed by atoms with Gasteiger partial charge in [0.15, 0.2) is 0 Å². The zero-order valence-corrected chi connectivity index (χ0v) is 16.6. The molecule has 5 nitrogen and oxygen atoms in total. The number of benzene rings is 2. The molecule has 0 aliphatic rings. The van der Waals surface area contributed by atoms with E-state index in [2.05, 4.69) is 5.32 Å². The summed E-state index contributed by atoms with van der Waals surface area (Å²) in [7, 11) is 1.63. The first-order chi connectivity index (χ1) is 13.5. The number of rotatable bonds is 7. The zero-order valence-electron chi connectivity index (χ0n) is 15.8. The summed E-state index contributed by atoms with van der Waals surface area (Å²) in [5, 5.41) is 2.69. The Labute approximate surface area is 168 Å². The number of hydrogen-bond acceptors (Lipinski definition) is 4. The third-order valence-electron chi connectivity index (χ3n) is 4.21. The molecule has 1 heterocycles. The number of amides is 1. The van der Waals surface area contributed by atoms with Crippen molar-refractivity contribution in [2.75, 3.05) is 12.4 Å². The average molecular weight is 394 g/mol. The van der Waals surface area contributed by atoms with E-state index in [9.17, 15) is 9.59 Å². The second kappa shape index (κ2) is 9.28. The summed E-state index contributed by atoms with van der Waals surface area (Å²) < 4.78 is 6.79. The predicted molar refractivity (Wildman–Crippen MR) is 113 cm³/mol. The third kappa shape index (κ3) is 5.27. The SMILES string of the molecule is COc1ccc(SC(C)C(=O)Nc2ccc(Cn3ccccc3=O)cc2)cc1. The van der Waals surface area contributed by atoms with Crippen molar-refractivity contribution in [2.45, 2.75) is 23.6 Å². The largest absolute Gasteiger partial charge is 0.497 e. The molecule has 0 spiro atoms. The van der Waals surface area contributed by atoms with Gasteiger partial charge in [-0.1, -0.05) is 18.2 Å². The molecular formula is C22H22N2O3S. The molecule has 0 saturated carbocycles. The second-order valence-corrected chi connectivity index (χ2v) is 7.70. The molecule has 28 heavy (non-hydrogen) atoms. The molecule has 144 valence electrons. The number of anilines is 1. The summed E-state index contributed by atoms with van der Waals surface area (Å²) in [6.45, 7) is 2.37. The Hall–Kier alpha value is -2.99. The second-order valence-electron chi connectivity index (χ2n) is 6.29. The molecule has 1 unspecified atom stereocenters. The van der Waals surface area contributed by atoms with Gasteiger partial charge in [0.05, 0.1) is 18.9 Å². The summed E-state index contributed by atoms with van der Waals surface area (Å²) in [6.07, 6.45) is 1.76. The van der Waals surface area contributed by atoms with Crippen LogP contribution >= 0.6 is 11.8 Å². The molecule has 3 aromatic rings. The summed E-state index contributed by atoms with van der Waals surface area (Å²) >= 11 is 1.49. The summed E-state index contributed by atoms with van der Waals surface area (Å²) in [6, 6.07) is 20.3. The van der Waals surface area contributed by atoms with E-state index in [0.29, 0.717) is 6.54 Å². The summed E-state index contributed by atoms with van der Waals surface area (Å²) in [4.78, 5) is 25.3. The summed E-state index contributed by atoms with van der Waals surface area (Å²) in [5.41, 5.74) is 1.69. The van der Waals surface area contributed by atoms with E-state index in [1.807, 2.05) is 61.5 Å². The molecule has 0 bridgehead atoms. The van der Waals surface area contributed by atoms with Crippen molar-refractivity contribution in [3.8, 4) is 5.75 Å². The van der Waals surface area contributed by atoms with Crippen LogP contribution in [0.15, 0.2) is 82.6 Å². The minimum atomic E-state index is -0.240. The number of nitrogens with one attached hydrogen (secondary N) is 1. The predicted octanol–water partition coefficient (Wildman–Crippen LogP) is 4.02. The summed E-state index contributed by atoms with van der Waals surface area (Å²) in [5.74, 6) is 0.729. The maximum absolute atomic E-state index is 12.5. The van der Waals surface area contributed by atoms with E-state index in [1.54, 1.807) is 23.9 Å². The van der Waals surface area contributed by atoms with Gasteiger partial charge < -0.3 is 14.6 Å². The Morgan fingerprint density at radius 1 is 1.07 bits per heavy atom. The molecule has 0 saturated heterocycles. The molecule has 0 aliphatic heterocycles. The van der Waals surface area contributed by atoms with Gasteiger partial charge in [-0.05, 0) is 55.0 Å². The molecule has 3 rings (SSSR count). The lowest BCUT2D eigenvalue weighted by Crippen LogP contribution is -2.22. The van der Waals surface area contributed by atoms with Crippen molar-refractivity contribution < 1.29 is 9.53 Å². The van der Waals surface area contributed by atoms with Crippen LogP contribution in [0.5, 0.6) is 5.75 Å². The lowest BCUT2D eigenvalue weighted by molar-refractivity contribution is -0.115. The highest BCUT2D eigenvalue weighted by Gasteiger charge is 2.14. The van der Waals surface area contributed by atoms with Crippen LogP contribution in [0.3, 0.4) is 0 Å². The van der Waals surface area contributed by atoms with Crippen LogP contribution in [0.4, 0.5) is 5.69 Å². The molecule has 1 amide bonds. The van der Waals surface area contributed by atoms with E-state index in [0.717, 1.165) is 21.9 Å². The monoisotopic (exact) mass is 394 g/mol. The van der Waals surface area contributed by atoms with E-state index in [-0.39, 0.29) is 16.7 Å². The highest BCUT2D eigenvalue weighted by molar-refractivity contribution is 8.00. The van der Waals surface area contributed by atoms with Crippen LogP contribution in [0.1, 0.15) is 12.5 Å². The zero-order chi connectivity index (χ0) is 19.9. The fourth-order valence-corrected chi connectivity index (χ4v) is 3.50. The van der Waals surface area contributed by atoms with Gasteiger partial charge in [0.1, 0.15) is 5.75 Å². The van der Waals surface area contributed by atoms with Crippen molar-refractivity contribution in [2.24, 2.45) is 0 Å². The van der Waals surface area contributed by atoms with Gasteiger partial charge in [-0.2, -0.15) is 0 Å². The quantitative estimate of drug-likeness (QED) is 0.615. The number of carbonyl (C=O) groups is 1. The third-order valence-corrected chi connectivity index (χ3v) is 5.33. The van der Waals surface area contributed by atoms with Gasteiger partial charge in [-0.25, -0.2) is 0 Å². The van der Waals surface area contributed by atoms with E-state index >= 15 is 0 Å². The van der Waals surface area contributed by atoms with Crippen LogP contribution in [-0.4, -0.2) is 22.8 Å². The highest BCUT2D eigenvalue weighted by atomic mass is 32.2. The maximum Gasteiger partial charge on any atom is 0.250 e. The van der Waals surface area contributed by atoms with E-state index in [4.69, 9.17) is 4.74 Å². The van der Waals surface area contributed by atoms with Gasteiger partial charge in [-0.3, -0.25) is 9.59 Å². The molecule has 2 aromatic carbocycles. The number of nitrogens with zero attached hydrogens (tertiary/aromatic N) is 1. The Morgan fingerprint density at radius 2 is 1.79 bits per heavy atom. The topological polar surface area (TPSA) is 60.3 Å². The molecule has 1 aromatic heterocycles. The molecule has 1 atom stereocenters. The van der Waals surface area contributed by atoms with Crippen LogP contribution in [-0.2, 0) is 11.3 Å². The van der Waals surface area contributed by atoms with Crippen molar-refractivity contribution in [3.63, 3.8) is 0 Å². The minimum absolute atomic E-state index is 0.0377. The molecule has 6 heteroatoms. The Kier molecular flexibility index (Phi) is 6.55. The standard InChI is InChI=1S/C22H22N2O3S/c1-16(28-20-12-10-19(27-2)11-13-20)22(26)23-18-8-6-17(7-9-18)15-24-14-4-3-5-21(24)25/h3-14,16H,15H2,1-2H3,(H,23,26). The smallest absolute Gasteiger partial charge is 0.250 e. The number of methoxy groups -OCH3 is 1. The first-order valence-electron chi connectivity index (χ1n) is 8.91. The van der Waals surface area contributed by atoms with Crippen LogP contribution in [0.2, 0.25) is 0 Å². The Bertz CT molecular complexity index is 982. The fourth-order valence-electron chi connectivity index (χ4n) is 2.64. The molecule has 1 N–H and O–H groups in total.